The van der Waals surface area contributed by atoms with Gasteiger partial charge in [0.2, 0.25) is 5.91 Å². The number of amides is 1. The van der Waals surface area contributed by atoms with Crippen molar-refractivity contribution in [2.24, 2.45) is 23.2 Å². The molecule has 0 spiro atoms. The first kappa shape index (κ1) is 18.7. The highest BCUT2D eigenvalue weighted by molar-refractivity contribution is 7.92. The molecule has 1 amide bonds. The summed E-state index contributed by atoms with van der Waals surface area (Å²) in [5.74, 6) is 2.86. The SMILES string of the molecule is O=C(CC12CC3CC(CC(C3)C1)C2)N1CCC(S(=O)(=O)c2ccccc2)CC1. The molecule has 6 rings (SSSR count). The number of carbonyl (C=O) groups excluding carboxylic acids is 1. The molecule has 5 fully saturated rings. The summed E-state index contributed by atoms with van der Waals surface area (Å²) in [6, 6.07) is 8.75. The maximum absolute atomic E-state index is 13.1. The van der Waals surface area contributed by atoms with Gasteiger partial charge in [-0.25, -0.2) is 8.42 Å². The molecule has 0 N–H and O–H groups in total. The molecular weight excluding hydrogens is 370 g/mol. The first-order chi connectivity index (χ1) is 13.4. The highest BCUT2D eigenvalue weighted by atomic mass is 32.2. The van der Waals surface area contributed by atoms with E-state index in [9.17, 15) is 13.2 Å². The molecule has 4 saturated carbocycles. The van der Waals surface area contributed by atoms with Crippen LogP contribution in [0.5, 0.6) is 0 Å². The molecule has 1 heterocycles. The summed E-state index contributed by atoms with van der Waals surface area (Å²) in [6.07, 6.45) is 9.78. The zero-order valence-electron chi connectivity index (χ0n) is 16.6. The molecule has 1 aromatic rings. The average molecular weight is 402 g/mol. The Morgan fingerprint density at radius 3 is 2.00 bits per heavy atom. The Bertz CT molecular complexity index is 805. The van der Waals surface area contributed by atoms with E-state index in [-0.39, 0.29) is 16.6 Å². The number of nitrogens with zero attached hydrogens (tertiary/aromatic N) is 1. The van der Waals surface area contributed by atoms with E-state index < -0.39 is 9.84 Å². The Balaban J connectivity index is 1.21. The van der Waals surface area contributed by atoms with Crippen LogP contribution in [0.1, 0.15) is 57.8 Å². The zero-order chi connectivity index (χ0) is 19.4. The molecule has 4 bridgehead atoms. The maximum atomic E-state index is 13.1. The molecule has 4 nitrogen and oxygen atoms in total. The third-order valence-electron chi connectivity index (χ3n) is 8.00. The van der Waals surface area contributed by atoms with Gasteiger partial charge in [-0.3, -0.25) is 4.79 Å². The second-order valence-electron chi connectivity index (χ2n) is 10.0. The van der Waals surface area contributed by atoms with Gasteiger partial charge in [0.05, 0.1) is 10.1 Å². The van der Waals surface area contributed by atoms with Crippen molar-refractivity contribution < 1.29 is 13.2 Å². The normalized spacial score (nSPS) is 35.3. The number of hydrogen-bond acceptors (Lipinski definition) is 3. The second-order valence-corrected chi connectivity index (χ2v) is 12.3. The van der Waals surface area contributed by atoms with Crippen molar-refractivity contribution in [1.82, 2.24) is 4.90 Å². The third-order valence-corrected chi connectivity index (χ3v) is 10.3. The van der Waals surface area contributed by atoms with Gasteiger partial charge in [-0.15, -0.1) is 0 Å². The number of sulfone groups is 1. The van der Waals surface area contributed by atoms with E-state index in [2.05, 4.69) is 0 Å². The van der Waals surface area contributed by atoms with Gasteiger partial charge in [-0.2, -0.15) is 0 Å². The minimum absolute atomic E-state index is 0.263. The molecular formula is C23H31NO3S. The van der Waals surface area contributed by atoms with Gasteiger partial charge in [0.1, 0.15) is 0 Å². The lowest BCUT2D eigenvalue weighted by atomic mass is 9.49. The molecule has 1 aliphatic heterocycles. The number of likely N-dealkylation sites (tertiary alicyclic amines) is 1. The first-order valence-corrected chi connectivity index (χ1v) is 12.5. The van der Waals surface area contributed by atoms with Gasteiger partial charge in [0.25, 0.3) is 0 Å². The van der Waals surface area contributed by atoms with Crippen LogP contribution in [0.3, 0.4) is 0 Å². The number of benzene rings is 1. The van der Waals surface area contributed by atoms with Gasteiger partial charge in [0, 0.05) is 19.5 Å². The number of carbonyl (C=O) groups is 1. The minimum Gasteiger partial charge on any atom is -0.343 e. The summed E-state index contributed by atoms with van der Waals surface area (Å²) in [6.45, 7) is 1.17. The van der Waals surface area contributed by atoms with Crippen LogP contribution in [0.4, 0.5) is 0 Å². The predicted octanol–water partition coefficient (Wildman–Crippen LogP) is 4.06. The lowest BCUT2D eigenvalue weighted by Gasteiger charge is -2.57. The Labute approximate surface area is 168 Å². The topological polar surface area (TPSA) is 54.5 Å². The summed E-state index contributed by atoms with van der Waals surface area (Å²) >= 11 is 0. The molecule has 1 saturated heterocycles. The zero-order valence-corrected chi connectivity index (χ0v) is 17.4. The molecule has 0 aromatic heterocycles. The third kappa shape index (κ3) is 3.30. The Hall–Kier alpha value is -1.36. The van der Waals surface area contributed by atoms with E-state index in [1.807, 2.05) is 11.0 Å². The lowest BCUT2D eigenvalue weighted by molar-refractivity contribution is -0.140. The van der Waals surface area contributed by atoms with Crippen LogP contribution in [0.25, 0.3) is 0 Å². The van der Waals surface area contributed by atoms with Gasteiger partial charge < -0.3 is 4.90 Å². The summed E-state index contributed by atoms with van der Waals surface area (Å²) in [5.41, 5.74) is 0.263. The molecule has 0 unspecified atom stereocenters. The fourth-order valence-corrected chi connectivity index (χ4v) is 8.91. The van der Waals surface area contributed by atoms with E-state index in [1.165, 1.54) is 38.5 Å². The van der Waals surface area contributed by atoms with Crippen molar-refractivity contribution in [3.05, 3.63) is 30.3 Å². The fraction of sp³-hybridized carbons (Fsp3) is 0.696. The summed E-state index contributed by atoms with van der Waals surface area (Å²) in [7, 11) is -3.29. The fourth-order valence-electron chi connectivity index (χ4n) is 7.16. The standard InChI is InChI=1S/C23H31NO3S/c25-22(16-23-13-17-10-18(14-23)12-19(11-17)15-23)24-8-6-21(7-9-24)28(26,27)20-4-2-1-3-5-20/h1-5,17-19,21H,6-16H2. The average Bonchev–Trinajstić information content (AvgIpc) is 2.67. The highest BCUT2D eigenvalue weighted by Crippen LogP contribution is 2.61. The van der Waals surface area contributed by atoms with Crippen molar-refractivity contribution >= 4 is 15.7 Å². The van der Waals surface area contributed by atoms with Gasteiger partial charge in [0.15, 0.2) is 9.84 Å². The molecule has 152 valence electrons. The molecule has 5 aliphatic rings. The quantitative estimate of drug-likeness (QED) is 0.765. The van der Waals surface area contributed by atoms with Crippen LogP contribution >= 0.6 is 0 Å². The Morgan fingerprint density at radius 1 is 0.929 bits per heavy atom. The van der Waals surface area contributed by atoms with E-state index in [0.717, 1.165) is 17.8 Å². The number of rotatable bonds is 4. The number of piperidine rings is 1. The molecule has 4 aliphatic carbocycles. The van der Waals surface area contributed by atoms with Crippen LogP contribution in [0.15, 0.2) is 35.2 Å². The molecule has 1 aromatic carbocycles. The van der Waals surface area contributed by atoms with Crippen LogP contribution < -0.4 is 0 Å². The highest BCUT2D eigenvalue weighted by Gasteiger charge is 2.51. The summed E-state index contributed by atoms with van der Waals surface area (Å²) < 4.78 is 25.7. The van der Waals surface area contributed by atoms with Crippen molar-refractivity contribution in [3.63, 3.8) is 0 Å². The second kappa shape index (κ2) is 6.86. The van der Waals surface area contributed by atoms with Crippen LogP contribution in [0, 0.1) is 23.2 Å². The smallest absolute Gasteiger partial charge is 0.223 e. The van der Waals surface area contributed by atoms with Gasteiger partial charge in [-0.05, 0) is 86.7 Å². The van der Waals surface area contributed by atoms with E-state index >= 15 is 0 Å². The van der Waals surface area contributed by atoms with Crippen molar-refractivity contribution in [2.75, 3.05) is 13.1 Å². The summed E-state index contributed by atoms with van der Waals surface area (Å²) in [4.78, 5) is 15.4. The largest absolute Gasteiger partial charge is 0.343 e. The summed E-state index contributed by atoms with van der Waals surface area (Å²) in [5, 5.41) is -0.363. The Kier molecular flexibility index (Phi) is 4.57. The van der Waals surface area contributed by atoms with Crippen molar-refractivity contribution in [3.8, 4) is 0 Å². The van der Waals surface area contributed by atoms with Crippen molar-refractivity contribution in [2.45, 2.75) is 67.9 Å². The monoisotopic (exact) mass is 401 g/mol. The van der Waals surface area contributed by atoms with Crippen LogP contribution in [-0.2, 0) is 14.6 Å². The van der Waals surface area contributed by atoms with E-state index in [4.69, 9.17) is 0 Å². The van der Waals surface area contributed by atoms with Gasteiger partial charge in [-0.1, -0.05) is 18.2 Å². The molecule has 5 heteroatoms. The molecule has 0 radical (unpaired) electrons. The van der Waals surface area contributed by atoms with Crippen molar-refractivity contribution in [1.29, 1.82) is 0 Å². The lowest BCUT2D eigenvalue weighted by Crippen LogP contribution is -2.49. The van der Waals surface area contributed by atoms with Crippen LogP contribution in [0.2, 0.25) is 0 Å². The van der Waals surface area contributed by atoms with E-state index in [1.54, 1.807) is 24.3 Å². The molecule has 28 heavy (non-hydrogen) atoms. The first-order valence-electron chi connectivity index (χ1n) is 11.0. The maximum Gasteiger partial charge on any atom is 0.223 e. The number of hydrogen-bond donors (Lipinski definition) is 0. The molecule has 0 atom stereocenters. The predicted molar refractivity (Wildman–Crippen MR) is 108 cm³/mol. The van der Waals surface area contributed by atoms with Crippen LogP contribution in [-0.4, -0.2) is 37.6 Å². The minimum atomic E-state index is -3.29. The van der Waals surface area contributed by atoms with E-state index in [0.29, 0.717) is 37.2 Å². The Morgan fingerprint density at radius 2 is 1.46 bits per heavy atom. The van der Waals surface area contributed by atoms with Gasteiger partial charge >= 0.3 is 0 Å².